The van der Waals surface area contributed by atoms with Gasteiger partial charge in [0.2, 0.25) is 0 Å². The lowest BCUT2D eigenvalue weighted by atomic mass is 9.98. The lowest BCUT2D eigenvalue weighted by molar-refractivity contribution is 0.0730. The van der Waals surface area contributed by atoms with E-state index in [9.17, 15) is 14.0 Å². The van der Waals surface area contributed by atoms with Gasteiger partial charge >= 0.3 is 0 Å². The first kappa shape index (κ1) is 20.9. The predicted molar refractivity (Wildman–Crippen MR) is 117 cm³/mol. The second kappa shape index (κ2) is 8.78. The first-order valence-corrected chi connectivity index (χ1v) is 10.1. The van der Waals surface area contributed by atoms with Gasteiger partial charge in [-0.05, 0) is 53.9 Å². The summed E-state index contributed by atoms with van der Waals surface area (Å²) in [5.41, 5.74) is 2.89. The standard InChI is InChI=1S/C24H20ClFN2O3/c1-31-21-8-3-2-5-18(21)23(29)27-17-10-9-15-11-12-28(14-16(15)13-17)24(30)22-19(25)6-4-7-20(22)26/h2-10,13H,11-12,14H2,1H3,(H,27,29). The van der Waals surface area contributed by atoms with Crippen molar-refractivity contribution in [2.24, 2.45) is 0 Å². The molecule has 0 saturated carbocycles. The van der Waals surface area contributed by atoms with Crippen molar-refractivity contribution in [3.63, 3.8) is 0 Å². The lowest BCUT2D eigenvalue weighted by Gasteiger charge is -2.29. The molecule has 0 fully saturated rings. The molecule has 31 heavy (non-hydrogen) atoms. The van der Waals surface area contributed by atoms with Crippen molar-refractivity contribution >= 4 is 29.1 Å². The Balaban J connectivity index is 1.54. The Bertz CT molecular complexity index is 1150. The number of amides is 2. The number of benzene rings is 3. The van der Waals surface area contributed by atoms with Crippen molar-refractivity contribution in [2.75, 3.05) is 19.0 Å². The highest BCUT2D eigenvalue weighted by atomic mass is 35.5. The van der Waals surface area contributed by atoms with Crippen LogP contribution < -0.4 is 10.1 Å². The van der Waals surface area contributed by atoms with Gasteiger partial charge in [-0.15, -0.1) is 0 Å². The molecule has 0 aromatic heterocycles. The van der Waals surface area contributed by atoms with Gasteiger partial charge in [-0.3, -0.25) is 9.59 Å². The predicted octanol–water partition coefficient (Wildman–Crippen LogP) is 4.94. The Morgan fingerprint density at radius 3 is 2.65 bits per heavy atom. The van der Waals surface area contributed by atoms with E-state index in [4.69, 9.17) is 16.3 Å². The average molecular weight is 439 g/mol. The number of carbonyl (C=O) groups excluding carboxylic acids is 2. The van der Waals surface area contributed by atoms with E-state index < -0.39 is 11.7 Å². The van der Waals surface area contributed by atoms with E-state index in [1.807, 2.05) is 18.2 Å². The Morgan fingerprint density at radius 1 is 1.06 bits per heavy atom. The minimum absolute atomic E-state index is 0.0913. The summed E-state index contributed by atoms with van der Waals surface area (Å²) in [7, 11) is 1.51. The maximum atomic E-state index is 14.2. The Hall–Kier alpha value is -3.38. The molecule has 0 bridgehead atoms. The van der Waals surface area contributed by atoms with Crippen molar-refractivity contribution in [2.45, 2.75) is 13.0 Å². The number of nitrogens with zero attached hydrogens (tertiary/aromatic N) is 1. The summed E-state index contributed by atoms with van der Waals surface area (Å²) >= 11 is 6.06. The fourth-order valence-electron chi connectivity index (χ4n) is 3.70. The summed E-state index contributed by atoms with van der Waals surface area (Å²) in [5.74, 6) is -0.894. The molecule has 1 aliphatic heterocycles. The molecule has 1 heterocycles. The third kappa shape index (κ3) is 4.25. The van der Waals surface area contributed by atoms with Crippen molar-refractivity contribution in [1.82, 2.24) is 4.90 Å². The van der Waals surface area contributed by atoms with E-state index in [2.05, 4.69) is 5.32 Å². The van der Waals surface area contributed by atoms with Gasteiger partial charge in [-0.2, -0.15) is 0 Å². The highest BCUT2D eigenvalue weighted by Crippen LogP contribution is 2.27. The zero-order chi connectivity index (χ0) is 22.0. The van der Waals surface area contributed by atoms with Gasteiger partial charge in [-0.1, -0.05) is 35.9 Å². The van der Waals surface area contributed by atoms with E-state index in [-0.39, 0.29) is 16.5 Å². The minimum Gasteiger partial charge on any atom is -0.496 e. The van der Waals surface area contributed by atoms with Gasteiger partial charge in [0.15, 0.2) is 0 Å². The first-order chi connectivity index (χ1) is 15.0. The number of carbonyl (C=O) groups is 2. The number of hydrogen-bond acceptors (Lipinski definition) is 3. The van der Waals surface area contributed by atoms with Crippen molar-refractivity contribution in [3.8, 4) is 5.75 Å². The van der Waals surface area contributed by atoms with Crippen LogP contribution in [0.2, 0.25) is 5.02 Å². The van der Waals surface area contributed by atoms with Crippen LogP contribution in [0.5, 0.6) is 5.75 Å². The molecule has 0 spiro atoms. The van der Waals surface area contributed by atoms with E-state index >= 15 is 0 Å². The van der Waals surface area contributed by atoms with Gasteiger partial charge in [0, 0.05) is 18.8 Å². The van der Waals surface area contributed by atoms with Crippen LogP contribution in [-0.2, 0) is 13.0 Å². The highest BCUT2D eigenvalue weighted by molar-refractivity contribution is 6.33. The summed E-state index contributed by atoms with van der Waals surface area (Å²) < 4.78 is 19.4. The van der Waals surface area contributed by atoms with Gasteiger partial charge < -0.3 is 15.0 Å². The number of nitrogens with one attached hydrogen (secondary N) is 1. The van der Waals surface area contributed by atoms with E-state index in [1.165, 1.54) is 25.3 Å². The van der Waals surface area contributed by atoms with Crippen LogP contribution in [0, 0.1) is 5.82 Å². The lowest BCUT2D eigenvalue weighted by Crippen LogP contribution is -2.36. The summed E-state index contributed by atoms with van der Waals surface area (Å²) in [6.45, 7) is 0.764. The van der Waals surface area contributed by atoms with Gasteiger partial charge in [0.05, 0.1) is 23.3 Å². The normalized spacial score (nSPS) is 12.8. The number of halogens is 2. The molecule has 3 aromatic rings. The Morgan fingerprint density at radius 2 is 1.87 bits per heavy atom. The van der Waals surface area contributed by atoms with Crippen LogP contribution in [0.1, 0.15) is 31.8 Å². The first-order valence-electron chi connectivity index (χ1n) is 9.77. The molecule has 0 radical (unpaired) electrons. The van der Waals surface area contributed by atoms with E-state index in [0.29, 0.717) is 36.5 Å². The van der Waals surface area contributed by atoms with E-state index in [1.54, 1.807) is 29.2 Å². The topological polar surface area (TPSA) is 58.6 Å². The number of fused-ring (bicyclic) bond motifs is 1. The number of para-hydroxylation sites is 1. The molecule has 3 aromatic carbocycles. The molecular weight excluding hydrogens is 419 g/mol. The molecule has 158 valence electrons. The Kier molecular flexibility index (Phi) is 5.91. The number of ether oxygens (including phenoxy) is 1. The van der Waals surface area contributed by atoms with Crippen LogP contribution >= 0.6 is 11.6 Å². The molecule has 5 nitrogen and oxygen atoms in total. The maximum absolute atomic E-state index is 14.2. The molecule has 7 heteroatoms. The molecule has 1 N–H and O–H groups in total. The third-order valence-electron chi connectivity index (χ3n) is 5.29. The average Bonchev–Trinajstić information content (AvgIpc) is 2.78. The van der Waals surface area contributed by atoms with E-state index in [0.717, 1.165) is 11.1 Å². The van der Waals surface area contributed by atoms with Crippen LogP contribution in [0.15, 0.2) is 60.7 Å². The fraction of sp³-hybridized carbons (Fsp3) is 0.167. The van der Waals surface area contributed by atoms with Crippen molar-refractivity contribution < 1.29 is 18.7 Å². The second-order valence-electron chi connectivity index (χ2n) is 7.21. The third-order valence-corrected chi connectivity index (χ3v) is 5.61. The number of anilines is 1. The van der Waals surface area contributed by atoms with Crippen LogP contribution in [0.4, 0.5) is 10.1 Å². The number of methoxy groups -OCH3 is 1. The fourth-order valence-corrected chi connectivity index (χ4v) is 3.94. The number of rotatable bonds is 4. The maximum Gasteiger partial charge on any atom is 0.259 e. The van der Waals surface area contributed by atoms with Gasteiger partial charge in [0.1, 0.15) is 11.6 Å². The number of hydrogen-bond donors (Lipinski definition) is 1. The monoisotopic (exact) mass is 438 g/mol. The van der Waals surface area contributed by atoms with Crippen LogP contribution in [-0.4, -0.2) is 30.4 Å². The second-order valence-corrected chi connectivity index (χ2v) is 7.62. The largest absolute Gasteiger partial charge is 0.496 e. The zero-order valence-electron chi connectivity index (χ0n) is 16.8. The molecule has 1 aliphatic rings. The summed E-state index contributed by atoms with van der Waals surface area (Å²) in [4.78, 5) is 27.1. The SMILES string of the molecule is COc1ccccc1C(=O)Nc1ccc2c(c1)CN(C(=O)c1c(F)cccc1Cl)CC2. The minimum atomic E-state index is -0.638. The van der Waals surface area contributed by atoms with Crippen molar-refractivity contribution in [3.05, 3.63) is 93.8 Å². The summed E-state index contributed by atoms with van der Waals surface area (Å²) in [6, 6.07) is 16.8. The molecule has 0 atom stereocenters. The zero-order valence-corrected chi connectivity index (χ0v) is 17.6. The quantitative estimate of drug-likeness (QED) is 0.627. The summed E-state index contributed by atoms with van der Waals surface area (Å²) in [6.07, 6.45) is 0.633. The highest BCUT2D eigenvalue weighted by Gasteiger charge is 2.26. The molecule has 0 saturated heterocycles. The molecule has 2 amide bonds. The molecule has 0 aliphatic carbocycles. The molecular formula is C24H20ClFN2O3. The van der Waals surface area contributed by atoms with Gasteiger partial charge in [0.25, 0.3) is 11.8 Å². The van der Waals surface area contributed by atoms with Crippen LogP contribution in [0.3, 0.4) is 0 Å². The molecule has 0 unspecified atom stereocenters. The van der Waals surface area contributed by atoms with Gasteiger partial charge in [-0.25, -0.2) is 4.39 Å². The van der Waals surface area contributed by atoms with Crippen molar-refractivity contribution in [1.29, 1.82) is 0 Å². The van der Waals surface area contributed by atoms with Crippen LogP contribution in [0.25, 0.3) is 0 Å². The molecule has 4 rings (SSSR count). The smallest absolute Gasteiger partial charge is 0.259 e. The Labute approximate surface area is 184 Å². The summed E-state index contributed by atoms with van der Waals surface area (Å²) in [5, 5.41) is 2.96.